The van der Waals surface area contributed by atoms with Crippen molar-refractivity contribution in [1.82, 2.24) is 14.1 Å². The van der Waals surface area contributed by atoms with Crippen molar-refractivity contribution in [1.29, 1.82) is 0 Å². The van der Waals surface area contributed by atoms with Gasteiger partial charge in [0.1, 0.15) is 0 Å². The smallest absolute Gasteiger partial charge is 0.213 e. The van der Waals surface area contributed by atoms with Gasteiger partial charge in [-0.3, -0.25) is 0 Å². The van der Waals surface area contributed by atoms with Crippen LogP contribution < -0.4 is 10.0 Å². The molecule has 0 bridgehead atoms. The molecule has 0 spiro atoms. The topological polar surface area (TPSA) is 84.0 Å². The lowest BCUT2D eigenvalue weighted by molar-refractivity contribution is 0.337. The molecule has 3 rings (SSSR count). The summed E-state index contributed by atoms with van der Waals surface area (Å²) in [5.74, 6) is 1.17. The number of nitrogens with one attached hydrogen (secondary N) is 2. The number of nitrogens with zero attached hydrogens (tertiary/aromatic N) is 2. The Morgan fingerprint density at radius 1 is 1.15 bits per heavy atom. The maximum atomic E-state index is 11.9. The second-order valence-corrected chi connectivity index (χ2v) is 10.2. The van der Waals surface area contributed by atoms with Crippen molar-refractivity contribution in [3.8, 4) is 11.4 Å². The summed E-state index contributed by atoms with van der Waals surface area (Å²) in [6, 6.07) is 10.3. The summed E-state index contributed by atoms with van der Waals surface area (Å²) < 4.78 is 30.9. The van der Waals surface area contributed by atoms with Crippen LogP contribution in [0.1, 0.15) is 39.5 Å². The lowest BCUT2D eigenvalue weighted by atomic mass is 9.86. The molecule has 1 saturated carbocycles. The van der Waals surface area contributed by atoms with Gasteiger partial charge >= 0.3 is 0 Å². The zero-order chi connectivity index (χ0) is 18.6. The van der Waals surface area contributed by atoms with E-state index in [1.54, 1.807) is 13.8 Å². The summed E-state index contributed by atoms with van der Waals surface area (Å²) in [7, 11) is -3.17. The summed E-state index contributed by atoms with van der Waals surface area (Å²) in [4.78, 5) is 4.59. The minimum atomic E-state index is -3.17. The van der Waals surface area contributed by atoms with Crippen LogP contribution in [0, 0.1) is 5.92 Å². The molecular weight excluding hydrogens is 368 g/mol. The highest BCUT2D eigenvalue weighted by molar-refractivity contribution is 7.90. The van der Waals surface area contributed by atoms with E-state index in [0.717, 1.165) is 42.2 Å². The van der Waals surface area contributed by atoms with Crippen LogP contribution in [0.5, 0.6) is 0 Å². The van der Waals surface area contributed by atoms with Crippen LogP contribution in [0.25, 0.3) is 11.4 Å². The van der Waals surface area contributed by atoms with Crippen LogP contribution >= 0.6 is 11.5 Å². The van der Waals surface area contributed by atoms with Crippen LogP contribution in [0.15, 0.2) is 30.3 Å². The van der Waals surface area contributed by atoms with Gasteiger partial charge in [0.2, 0.25) is 15.2 Å². The Bertz CT molecular complexity index is 798. The third-order valence-corrected chi connectivity index (χ3v) is 7.28. The first-order chi connectivity index (χ1) is 12.4. The van der Waals surface area contributed by atoms with Gasteiger partial charge in [-0.1, -0.05) is 30.3 Å². The standard InChI is InChI=1S/C18H26N4O2S2/c1-13(2)26(23,24)19-12-14-8-10-16(11-9-14)20-18-21-17(22-25-18)15-6-4-3-5-7-15/h3-7,13-14,16,19H,8-12H2,1-2H3,(H,20,21,22)/t14-,16-. The van der Waals surface area contributed by atoms with E-state index in [4.69, 9.17) is 0 Å². The van der Waals surface area contributed by atoms with Crippen LogP contribution in [0.3, 0.4) is 0 Å². The molecule has 26 heavy (non-hydrogen) atoms. The summed E-state index contributed by atoms with van der Waals surface area (Å²) in [5.41, 5.74) is 1.03. The van der Waals surface area contributed by atoms with Crippen LogP contribution in [-0.2, 0) is 10.0 Å². The molecule has 0 amide bonds. The molecule has 1 aliphatic rings. The average Bonchev–Trinajstić information content (AvgIpc) is 3.10. The SMILES string of the molecule is CC(C)S(=O)(=O)NC[C@H]1CC[C@H](Nc2nc(-c3ccccc3)ns2)CC1. The molecule has 1 aliphatic carbocycles. The number of aromatic nitrogens is 2. The summed E-state index contributed by atoms with van der Waals surface area (Å²) in [6.45, 7) is 3.95. The Morgan fingerprint density at radius 2 is 1.85 bits per heavy atom. The highest BCUT2D eigenvalue weighted by atomic mass is 32.2. The van der Waals surface area contributed by atoms with Crippen molar-refractivity contribution in [3.05, 3.63) is 30.3 Å². The average molecular weight is 395 g/mol. The fourth-order valence-corrected chi connectivity index (χ4v) is 4.54. The van der Waals surface area contributed by atoms with E-state index in [2.05, 4.69) is 19.4 Å². The Balaban J connectivity index is 1.47. The van der Waals surface area contributed by atoms with Crippen molar-refractivity contribution >= 4 is 26.7 Å². The molecule has 1 fully saturated rings. The van der Waals surface area contributed by atoms with Crippen LogP contribution in [0.4, 0.5) is 5.13 Å². The molecule has 6 nitrogen and oxygen atoms in total. The summed E-state index contributed by atoms with van der Waals surface area (Å²) >= 11 is 1.39. The van der Waals surface area contributed by atoms with E-state index in [1.165, 1.54) is 11.5 Å². The van der Waals surface area contributed by atoms with E-state index in [1.807, 2.05) is 30.3 Å². The molecular formula is C18H26N4O2S2. The number of sulfonamides is 1. The second-order valence-electron chi connectivity index (χ2n) is 7.09. The molecule has 0 aliphatic heterocycles. The Hall–Kier alpha value is -1.51. The number of benzene rings is 1. The highest BCUT2D eigenvalue weighted by Crippen LogP contribution is 2.28. The molecule has 1 aromatic carbocycles. The molecule has 0 radical (unpaired) electrons. The normalized spacial score (nSPS) is 21.0. The van der Waals surface area contributed by atoms with Crippen LogP contribution in [-0.4, -0.2) is 35.6 Å². The lowest BCUT2D eigenvalue weighted by Gasteiger charge is -2.29. The van der Waals surface area contributed by atoms with E-state index < -0.39 is 10.0 Å². The maximum absolute atomic E-state index is 11.9. The molecule has 2 N–H and O–H groups in total. The third kappa shape index (κ3) is 5.02. The van der Waals surface area contributed by atoms with Gasteiger partial charge in [0.05, 0.1) is 5.25 Å². The van der Waals surface area contributed by atoms with Gasteiger partial charge in [0.25, 0.3) is 0 Å². The molecule has 8 heteroatoms. The highest BCUT2D eigenvalue weighted by Gasteiger charge is 2.24. The fourth-order valence-electron chi connectivity index (χ4n) is 3.07. The van der Waals surface area contributed by atoms with E-state index in [-0.39, 0.29) is 5.25 Å². The maximum Gasteiger partial charge on any atom is 0.213 e. The van der Waals surface area contributed by atoms with Crippen molar-refractivity contribution in [2.24, 2.45) is 5.92 Å². The first kappa shape index (κ1) is 19.3. The van der Waals surface area contributed by atoms with Crippen molar-refractivity contribution in [3.63, 3.8) is 0 Å². The van der Waals surface area contributed by atoms with Gasteiger partial charge in [-0.15, -0.1) is 0 Å². The van der Waals surface area contributed by atoms with Gasteiger partial charge in [-0.05, 0) is 45.4 Å². The number of rotatable bonds is 7. The second kappa shape index (κ2) is 8.45. The largest absolute Gasteiger partial charge is 0.358 e. The zero-order valence-electron chi connectivity index (χ0n) is 15.2. The van der Waals surface area contributed by atoms with Gasteiger partial charge in [0.15, 0.2) is 5.82 Å². The van der Waals surface area contributed by atoms with E-state index >= 15 is 0 Å². The molecule has 2 aromatic rings. The number of anilines is 1. The van der Waals surface area contributed by atoms with E-state index in [0.29, 0.717) is 18.5 Å². The minimum absolute atomic E-state index is 0.378. The third-order valence-electron chi connectivity index (χ3n) is 4.83. The Labute approximate surface area is 159 Å². The molecule has 1 aromatic heterocycles. The van der Waals surface area contributed by atoms with Gasteiger partial charge in [0, 0.05) is 29.7 Å². The predicted octanol–water partition coefficient (Wildman–Crippen LogP) is 3.50. The lowest BCUT2D eigenvalue weighted by Crippen LogP contribution is -2.37. The summed E-state index contributed by atoms with van der Waals surface area (Å²) in [6.07, 6.45) is 4.08. The monoisotopic (exact) mass is 394 g/mol. The fraction of sp³-hybridized carbons (Fsp3) is 0.556. The van der Waals surface area contributed by atoms with Gasteiger partial charge < -0.3 is 5.32 Å². The molecule has 142 valence electrons. The Kier molecular flexibility index (Phi) is 6.26. The first-order valence-corrected chi connectivity index (χ1v) is 11.4. The number of hydrogen-bond donors (Lipinski definition) is 2. The van der Waals surface area contributed by atoms with Gasteiger partial charge in [-0.2, -0.15) is 9.36 Å². The van der Waals surface area contributed by atoms with Crippen molar-refractivity contribution in [2.45, 2.75) is 50.8 Å². The van der Waals surface area contributed by atoms with Gasteiger partial charge in [-0.25, -0.2) is 13.1 Å². The molecule has 0 unspecified atom stereocenters. The molecule has 1 heterocycles. The Morgan fingerprint density at radius 3 is 2.50 bits per heavy atom. The quantitative estimate of drug-likeness (QED) is 0.751. The minimum Gasteiger partial charge on any atom is -0.358 e. The van der Waals surface area contributed by atoms with Crippen molar-refractivity contribution < 1.29 is 8.42 Å². The van der Waals surface area contributed by atoms with Crippen LogP contribution in [0.2, 0.25) is 0 Å². The number of hydrogen-bond acceptors (Lipinski definition) is 6. The molecule has 0 saturated heterocycles. The summed E-state index contributed by atoms with van der Waals surface area (Å²) in [5, 5.41) is 3.96. The molecule has 0 atom stereocenters. The first-order valence-electron chi connectivity index (χ1n) is 9.08. The zero-order valence-corrected chi connectivity index (χ0v) is 16.8. The van der Waals surface area contributed by atoms with Crippen molar-refractivity contribution in [2.75, 3.05) is 11.9 Å². The van der Waals surface area contributed by atoms with E-state index in [9.17, 15) is 8.42 Å². The predicted molar refractivity (Wildman–Crippen MR) is 107 cm³/mol.